The van der Waals surface area contributed by atoms with Crippen LogP contribution in [-0.2, 0) is 0 Å². The SMILES string of the molecule is OC(CNCC1CC1c1ccccc1Oc1cccc(OC(F)(F)F)c1)C(F)(F)F. The van der Waals surface area contributed by atoms with Gasteiger partial charge in [0.1, 0.15) is 17.2 Å². The number of para-hydroxylation sites is 1. The van der Waals surface area contributed by atoms with Gasteiger partial charge < -0.3 is 19.9 Å². The molecule has 1 saturated carbocycles. The van der Waals surface area contributed by atoms with Crippen LogP contribution in [0.1, 0.15) is 17.9 Å². The molecule has 2 N–H and O–H groups in total. The van der Waals surface area contributed by atoms with Crippen molar-refractivity contribution in [3.63, 3.8) is 0 Å². The van der Waals surface area contributed by atoms with Crippen LogP contribution in [0.5, 0.6) is 17.2 Å². The zero-order valence-electron chi connectivity index (χ0n) is 15.5. The van der Waals surface area contributed by atoms with E-state index in [1.54, 1.807) is 24.3 Å². The second-order valence-electron chi connectivity index (χ2n) is 6.98. The maximum atomic E-state index is 12.4. The van der Waals surface area contributed by atoms with Crippen LogP contribution in [0.2, 0.25) is 0 Å². The molecule has 3 atom stereocenters. The first-order chi connectivity index (χ1) is 14.0. The predicted octanol–water partition coefficient (Wildman–Crippen LogP) is 4.99. The maximum Gasteiger partial charge on any atom is 0.573 e. The van der Waals surface area contributed by atoms with Gasteiger partial charge in [-0.15, -0.1) is 13.2 Å². The number of hydrogen-bond acceptors (Lipinski definition) is 4. The van der Waals surface area contributed by atoms with E-state index in [4.69, 9.17) is 9.84 Å². The number of nitrogens with one attached hydrogen (secondary N) is 1. The molecule has 4 nitrogen and oxygen atoms in total. The van der Waals surface area contributed by atoms with Crippen molar-refractivity contribution in [2.24, 2.45) is 5.92 Å². The lowest BCUT2D eigenvalue weighted by molar-refractivity contribution is -0.274. The summed E-state index contributed by atoms with van der Waals surface area (Å²) in [5.74, 6) is 0.299. The van der Waals surface area contributed by atoms with Crippen molar-refractivity contribution in [3.05, 3.63) is 54.1 Å². The van der Waals surface area contributed by atoms with Crippen molar-refractivity contribution in [2.75, 3.05) is 13.1 Å². The maximum absolute atomic E-state index is 12.4. The predicted molar refractivity (Wildman–Crippen MR) is 95.4 cm³/mol. The van der Waals surface area contributed by atoms with Crippen LogP contribution in [0.25, 0.3) is 0 Å². The number of rotatable bonds is 8. The van der Waals surface area contributed by atoms with E-state index in [1.165, 1.54) is 12.1 Å². The van der Waals surface area contributed by atoms with Gasteiger partial charge in [0.05, 0.1) is 0 Å². The van der Waals surface area contributed by atoms with Gasteiger partial charge >= 0.3 is 12.5 Å². The van der Waals surface area contributed by atoms with Crippen molar-refractivity contribution in [1.82, 2.24) is 5.32 Å². The van der Waals surface area contributed by atoms with Gasteiger partial charge in [0.25, 0.3) is 0 Å². The van der Waals surface area contributed by atoms with Crippen LogP contribution in [0, 0.1) is 5.92 Å². The lowest BCUT2D eigenvalue weighted by atomic mass is 10.1. The standard InChI is InChI=1S/C20H19F6NO3/c21-19(22,23)18(28)11-27-10-12-8-16(12)15-6-1-2-7-17(15)29-13-4-3-5-14(9-13)30-20(24,25)26/h1-7,9,12,16,18,27-28H,8,10-11H2. The highest BCUT2D eigenvalue weighted by Crippen LogP contribution is 2.50. The number of hydrogen-bond donors (Lipinski definition) is 2. The van der Waals surface area contributed by atoms with Gasteiger partial charge in [0.15, 0.2) is 6.10 Å². The normalized spacial score (nSPS) is 20.0. The Morgan fingerprint density at radius 3 is 2.40 bits per heavy atom. The summed E-state index contributed by atoms with van der Waals surface area (Å²) in [5.41, 5.74) is 0.808. The first-order valence-corrected chi connectivity index (χ1v) is 9.11. The van der Waals surface area contributed by atoms with Crippen LogP contribution < -0.4 is 14.8 Å². The monoisotopic (exact) mass is 435 g/mol. The Labute approximate surface area is 168 Å². The highest BCUT2D eigenvalue weighted by Gasteiger charge is 2.41. The molecule has 0 aromatic heterocycles. The molecular weight excluding hydrogens is 416 g/mol. The third-order valence-corrected chi connectivity index (χ3v) is 4.63. The summed E-state index contributed by atoms with van der Waals surface area (Å²) in [6.07, 6.45) is -11.2. The molecule has 0 spiro atoms. The van der Waals surface area contributed by atoms with Crippen molar-refractivity contribution in [2.45, 2.75) is 31.0 Å². The molecule has 0 bridgehead atoms. The minimum absolute atomic E-state index is 0.0336. The summed E-state index contributed by atoms with van der Waals surface area (Å²) >= 11 is 0. The summed E-state index contributed by atoms with van der Waals surface area (Å²) in [7, 11) is 0. The fourth-order valence-corrected chi connectivity index (χ4v) is 3.12. The lowest BCUT2D eigenvalue weighted by Crippen LogP contribution is -2.39. The smallest absolute Gasteiger partial charge is 0.457 e. The molecule has 2 aromatic carbocycles. The Hall–Kier alpha value is -2.46. The summed E-state index contributed by atoms with van der Waals surface area (Å²) in [5, 5.41) is 11.6. The molecule has 30 heavy (non-hydrogen) atoms. The summed E-state index contributed by atoms with van der Waals surface area (Å²) < 4.78 is 83.8. The van der Waals surface area contributed by atoms with Crippen LogP contribution in [0.4, 0.5) is 26.3 Å². The Morgan fingerprint density at radius 1 is 1.00 bits per heavy atom. The quantitative estimate of drug-likeness (QED) is 0.574. The summed E-state index contributed by atoms with van der Waals surface area (Å²) in [6, 6.07) is 12.1. The fourth-order valence-electron chi connectivity index (χ4n) is 3.12. The molecular formula is C20H19F6NO3. The Balaban J connectivity index is 1.60. The van der Waals surface area contributed by atoms with E-state index in [2.05, 4.69) is 10.1 Å². The van der Waals surface area contributed by atoms with Crippen molar-refractivity contribution < 1.29 is 40.9 Å². The van der Waals surface area contributed by atoms with Gasteiger partial charge in [-0.1, -0.05) is 24.3 Å². The zero-order valence-corrected chi connectivity index (χ0v) is 15.5. The van der Waals surface area contributed by atoms with Crippen molar-refractivity contribution in [1.29, 1.82) is 0 Å². The van der Waals surface area contributed by atoms with E-state index >= 15 is 0 Å². The Kier molecular flexibility index (Phi) is 6.47. The molecule has 0 saturated heterocycles. The molecule has 0 amide bonds. The van der Waals surface area contributed by atoms with E-state index in [0.717, 1.165) is 17.7 Å². The minimum Gasteiger partial charge on any atom is -0.457 e. The van der Waals surface area contributed by atoms with Gasteiger partial charge in [-0.3, -0.25) is 0 Å². The highest BCUT2D eigenvalue weighted by molar-refractivity contribution is 5.44. The molecule has 164 valence electrons. The Morgan fingerprint density at radius 2 is 1.70 bits per heavy atom. The van der Waals surface area contributed by atoms with Crippen molar-refractivity contribution in [3.8, 4) is 17.2 Å². The van der Waals surface area contributed by atoms with Crippen LogP contribution in [0.15, 0.2) is 48.5 Å². The van der Waals surface area contributed by atoms with Gasteiger partial charge in [-0.05, 0) is 48.6 Å². The third-order valence-electron chi connectivity index (χ3n) is 4.63. The number of alkyl halides is 6. The molecule has 0 heterocycles. The fraction of sp³-hybridized carbons (Fsp3) is 0.400. The average molecular weight is 435 g/mol. The zero-order chi connectivity index (χ0) is 21.9. The molecule has 1 fully saturated rings. The molecule has 2 aromatic rings. The number of benzene rings is 2. The van der Waals surface area contributed by atoms with E-state index in [0.29, 0.717) is 18.7 Å². The molecule has 1 aliphatic carbocycles. The number of halogens is 6. The minimum atomic E-state index is -4.82. The van der Waals surface area contributed by atoms with E-state index in [9.17, 15) is 26.3 Å². The van der Waals surface area contributed by atoms with Crippen LogP contribution in [-0.4, -0.2) is 36.8 Å². The molecule has 10 heteroatoms. The third kappa shape index (κ3) is 6.27. The van der Waals surface area contributed by atoms with E-state index in [1.807, 2.05) is 0 Å². The van der Waals surface area contributed by atoms with Gasteiger partial charge in [-0.2, -0.15) is 13.2 Å². The second kappa shape index (κ2) is 8.73. The first-order valence-electron chi connectivity index (χ1n) is 9.11. The second-order valence-corrected chi connectivity index (χ2v) is 6.98. The molecule has 1 aliphatic rings. The van der Waals surface area contributed by atoms with Crippen LogP contribution in [0.3, 0.4) is 0 Å². The van der Waals surface area contributed by atoms with Crippen LogP contribution >= 0.6 is 0 Å². The molecule has 0 radical (unpaired) electrons. The number of aliphatic hydroxyl groups excluding tert-OH is 1. The topological polar surface area (TPSA) is 50.7 Å². The summed E-state index contributed by atoms with van der Waals surface area (Å²) in [4.78, 5) is 0. The van der Waals surface area contributed by atoms with E-state index < -0.39 is 30.9 Å². The highest BCUT2D eigenvalue weighted by atomic mass is 19.4. The van der Waals surface area contributed by atoms with Gasteiger partial charge in [0, 0.05) is 12.6 Å². The first kappa shape index (κ1) is 22.2. The number of ether oxygens (including phenoxy) is 2. The van der Waals surface area contributed by atoms with Gasteiger partial charge in [-0.25, -0.2) is 0 Å². The Bertz CT molecular complexity index is 855. The summed E-state index contributed by atoms with van der Waals surface area (Å²) in [6.45, 7) is -0.294. The van der Waals surface area contributed by atoms with Gasteiger partial charge in [0.2, 0.25) is 0 Å². The largest absolute Gasteiger partial charge is 0.573 e. The lowest BCUT2D eigenvalue weighted by Gasteiger charge is -2.15. The average Bonchev–Trinajstić information content (AvgIpc) is 3.39. The number of aliphatic hydroxyl groups is 1. The molecule has 3 rings (SSSR count). The molecule has 0 aliphatic heterocycles. The van der Waals surface area contributed by atoms with Crippen molar-refractivity contribution >= 4 is 0 Å². The molecule has 3 unspecified atom stereocenters. The van der Waals surface area contributed by atoms with E-state index in [-0.39, 0.29) is 17.6 Å².